The molecule has 0 radical (unpaired) electrons. The quantitative estimate of drug-likeness (QED) is 0.114. The second kappa shape index (κ2) is 16.1. The van der Waals surface area contributed by atoms with Crippen molar-refractivity contribution < 1.29 is 19.5 Å². The number of pyridine rings is 2. The van der Waals surface area contributed by atoms with E-state index in [0.29, 0.717) is 18.7 Å². The van der Waals surface area contributed by atoms with Gasteiger partial charge in [0.05, 0.1) is 28.9 Å². The summed E-state index contributed by atoms with van der Waals surface area (Å²) in [7, 11) is 0. The lowest BCUT2D eigenvalue weighted by molar-refractivity contribution is -0.136. The number of aryl methyl sites for hydroxylation is 2. The number of rotatable bonds is 11. The zero-order valence-corrected chi connectivity index (χ0v) is 27.0. The van der Waals surface area contributed by atoms with Gasteiger partial charge in [0.1, 0.15) is 12.4 Å². The average Bonchev–Trinajstić information content (AvgIpc) is 3.11. The van der Waals surface area contributed by atoms with Gasteiger partial charge in [-0.15, -0.1) is 0 Å². The van der Waals surface area contributed by atoms with E-state index in [9.17, 15) is 4.79 Å². The van der Waals surface area contributed by atoms with Gasteiger partial charge in [0.2, 0.25) is 0 Å². The minimum Gasteiger partial charge on any atom is -0.487 e. The largest absolute Gasteiger partial charge is 0.487 e. The van der Waals surface area contributed by atoms with Crippen molar-refractivity contribution in [1.82, 2.24) is 9.97 Å². The van der Waals surface area contributed by atoms with Gasteiger partial charge in [-0.2, -0.15) is 0 Å². The van der Waals surface area contributed by atoms with Gasteiger partial charge in [0.15, 0.2) is 6.10 Å². The van der Waals surface area contributed by atoms with E-state index in [1.54, 1.807) is 6.92 Å². The fourth-order valence-electron chi connectivity index (χ4n) is 4.92. The van der Waals surface area contributed by atoms with Crippen molar-refractivity contribution in [3.63, 3.8) is 0 Å². The molecule has 7 nitrogen and oxygen atoms in total. The van der Waals surface area contributed by atoms with E-state index in [-0.39, 0.29) is 6.42 Å². The van der Waals surface area contributed by atoms with Crippen LogP contribution >= 0.6 is 0 Å². The molecule has 6 rings (SSSR count). The van der Waals surface area contributed by atoms with Crippen molar-refractivity contribution in [2.24, 2.45) is 5.16 Å². The van der Waals surface area contributed by atoms with Crippen LogP contribution in [0.25, 0.3) is 21.8 Å². The SMILES string of the molecule is C/C(CCC(=O)O)=N\OC(c1ccc(C)cc1)c1ccc(OCc2ccc3ccccc3n2)cc1.CCc1ccc2ccccc2n1. The molecule has 2 aromatic heterocycles. The first-order chi connectivity index (χ1) is 22.9. The number of carbonyl (C=O) groups is 1. The number of oxime groups is 1. The predicted octanol–water partition coefficient (Wildman–Crippen LogP) is 9.27. The first-order valence-electron chi connectivity index (χ1n) is 15.8. The highest BCUT2D eigenvalue weighted by Gasteiger charge is 2.17. The highest BCUT2D eigenvalue weighted by Crippen LogP contribution is 2.29. The van der Waals surface area contributed by atoms with Crippen molar-refractivity contribution in [3.8, 4) is 5.75 Å². The topological polar surface area (TPSA) is 93.9 Å². The third-order valence-electron chi connectivity index (χ3n) is 7.64. The summed E-state index contributed by atoms with van der Waals surface area (Å²) >= 11 is 0. The molecule has 0 aliphatic heterocycles. The molecule has 0 spiro atoms. The van der Waals surface area contributed by atoms with Crippen LogP contribution in [0.4, 0.5) is 0 Å². The van der Waals surface area contributed by atoms with Gasteiger partial charge in [-0.1, -0.05) is 103 Å². The summed E-state index contributed by atoms with van der Waals surface area (Å²) in [4.78, 5) is 25.9. The molecule has 1 atom stereocenters. The smallest absolute Gasteiger partial charge is 0.303 e. The van der Waals surface area contributed by atoms with Gasteiger partial charge >= 0.3 is 5.97 Å². The molecule has 0 saturated carbocycles. The van der Waals surface area contributed by atoms with E-state index in [1.165, 1.54) is 5.39 Å². The Morgan fingerprint density at radius 2 is 1.28 bits per heavy atom. The molecule has 0 bridgehead atoms. The Kier molecular flexibility index (Phi) is 11.3. The van der Waals surface area contributed by atoms with E-state index >= 15 is 0 Å². The van der Waals surface area contributed by atoms with Crippen LogP contribution in [0.15, 0.2) is 126 Å². The van der Waals surface area contributed by atoms with Crippen LogP contribution < -0.4 is 4.74 Å². The summed E-state index contributed by atoms with van der Waals surface area (Å²) in [6, 6.07) is 40.2. The fraction of sp³-hybridized carbons (Fsp3) is 0.200. The molecule has 238 valence electrons. The summed E-state index contributed by atoms with van der Waals surface area (Å²) in [5, 5.41) is 15.4. The maximum atomic E-state index is 10.8. The van der Waals surface area contributed by atoms with Gasteiger partial charge in [0.25, 0.3) is 0 Å². The van der Waals surface area contributed by atoms with E-state index < -0.39 is 12.1 Å². The Balaban J connectivity index is 0.000000301. The Morgan fingerprint density at radius 3 is 1.87 bits per heavy atom. The summed E-state index contributed by atoms with van der Waals surface area (Å²) in [6.07, 6.45) is 0.939. The monoisotopic (exact) mass is 625 g/mol. The number of ether oxygens (including phenoxy) is 1. The van der Waals surface area contributed by atoms with Crippen LogP contribution in [0.3, 0.4) is 0 Å². The van der Waals surface area contributed by atoms with Gasteiger partial charge in [-0.25, -0.2) is 4.98 Å². The first-order valence-corrected chi connectivity index (χ1v) is 15.8. The maximum Gasteiger partial charge on any atom is 0.303 e. The molecule has 0 aliphatic carbocycles. The summed E-state index contributed by atoms with van der Waals surface area (Å²) in [5.41, 5.74) is 7.72. The predicted molar refractivity (Wildman–Crippen MR) is 188 cm³/mol. The highest BCUT2D eigenvalue weighted by atomic mass is 16.6. The summed E-state index contributed by atoms with van der Waals surface area (Å²) < 4.78 is 5.96. The number of aromatic nitrogens is 2. The molecule has 0 aliphatic rings. The molecular weight excluding hydrogens is 586 g/mol. The number of para-hydroxylation sites is 2. The van der Waals surface area contributed by atoms with Gasteiger partial charge in [-0.3, -0.25) is 9.78 Å². The molecule has 4 aromatic carbocycles. The highest BCUT2D eigenvalue weighted by molar-refractivity contribution is 5.84. The van der Waals surface area contributed by atoms with Crippen LogP contribution in [0.5, 0.6) is 5.75 Å². The van der Waals surface area contributed by atoms with E-state index in [4.69, 9.17) is 14.7 Å². The number of carboxylic acid groups (broad SMARTS) is 1. The third-order valence-corrected chi connectivity index (χ3v) is 7.64. The maximum absolute atomic E-state index is 10.8. The second-order valence-electron chi connectivity index (χ2n) is 11.3. The zero-order valence-electron chi connectivity index (χ0n) is 27.0. The minimum atomic E-state index is -0.857. The van der Waals surface area contributed by atoms with Crippen molar-refractivity contribution in [2.75, 3.05) is 0 Å². The third kappa shape index (κ3) is 9.47. The van der Waals surface area contributed by atoms with Crippen LogP contribution in [-0.2, 0) is 22.7 Å². The Bertz CT molecular complexity index is 1950. The lowest BCUT2D eigenvalue weighted by atomic mass is 10.0. The zero-order chi connectivity index (χ0) is 33.0. The standard InChI is InChI=1S/C29H28N2O4.C11H11N/c1-20-7-10-23(11-8-20)29(35-31-21(2)9-18-28(32)33)24-13-16-26(17-14-24)34-19-25-15-12-22-5-3-4-6-27(22)30-25;1-2-10-8-7-9-5-3-4-6-11(9)12-10/h3-8,10-17,29H,9,18-19H2,1-2H3,(H,32,33);3-8H,2H2,1H3/b31-21+;. The molecular formula is C40H39N3O4. The van der Waals surface area contributed by atoms with E-state index in [2.05, 4.69) is 46.3 Å². The number of nitrogens with zero attached hydrogens (tertiary/aromatic N) is 3. The average molecular weight is 626 g/mol. The van der Waals surface area contributed by atoms with Gasteiger partial charge in [-0.05, 0) is 74.2 Å². The van der Waals surface area contributed by atoms with Crippen molar-refractivity contribution in [1.29, 1.82) is 0 Å². The van der Waals surface area contributed by atoms with Crippen molar-refractivity contribution >= 4 is 33.5 Å². The van der Waals surface area contributed by atoms with Crippen LogP contribution in [-0.4, -0.2) is 26.8 Å². The van der Waals surface area contributed by atoms with Crippen LogP contribution in [0.2, 0.25) is 0 Å². The number of fused-ring (bicyclic) bond motifs is 2. The molecule has 0 fully saturated rings. The first kappa shape index (κ1) is 32.8. The van der Waals surface area contributed by atoms with Gasteiger partial charge in [0, 0.05) is 16.5 Å². The van der Waals surface area contributed by atoms with Crippen LogP contribution in [0.1, 0.15) is 60.9 Å². The van der Waals surface area contributed by atoms with Crippen molar-refractivity contribution in [2.45, 2.75) is 52.7 Å². The van der Waals surface area contributed by atoms with Gasteiger partial charge < -0.3 is 14.7 Å². The van der Waals surface area contributed by atoms with E-state index in [0.717, 1.165) is 56.7 Å². The Morgan fingerprint density at radius 1 is 0.723 bits per heavy atom. The lowest BCUT2D eigenvalue weighted by Gasteiger charge is -2.17. The number of carboxylic acids is 1. The molecule has 2 heterocycles. The Labute approximate surface area is 275 Å². The molecule has 0 amide bonds. The molecule has 7 heteroatoms. The number of hydrogen-bond donors (Lipinski definition) is 1. The molecule has 0 saturated heterocycles. The fourth-order valence-corrected chi connectivity index (χ4v) is 4.92. The summed E-state index contributed by atoms with van der Waals surface area (Å²) in [6.45, 7) is 6.30. The van der Waals surface area contributed by atoms with E-state index in [1.807, 2.05) is 104 Å². The molecule has 47 heavy (non-hydrogen) atoms. The lowest BCUT2D eigenvalue weighted by Crippen LogP contribution is -2.06. The van der Waals surface area contributed by atoms with Crippen molar-refractivity contribution in [3.05, 3.63) is 149 Å². The normalized spacial score (nSPS) is 11.9. The minimum absolute atomic E-state index is 0.0198. The number of aliphatic carboxylic acids is 1. The van der Waals surface area contributed by atoms with Crippen LogP contribution in [0, 0.1) is 6.92 Å². The second-order valence-corrected chi connectivity index (χ2v) is 11.3. The molecule has 1 unspecified atom stereocenters. The molecule has 1 N–H and O–H groups in total. The number of hydrogen-bond acceptors (Lipinski definition) is 6. The summed E-state index contributed by atoms with van der Waals surface area (Å²) in [5.74, 6) is -0.128. The Hall–Kier alpha value is -5.56. The number of benzene rings is 4. The molecule has 6 aromatic rings.